The number of anilines is 2. The van der Waals surface area contributed by atoms with Crippen LogP contribution in [0.2, 0.25) is 0 Å². The van der Waals surface area contributed by atoms with Crippen molar-refractivity contribution in [3.05, 3.63) is 47.3 Å². The lowest BCUT2D eigenvalue weighted by molar-refractivity contribution is 0.852. The third kappa shape index (κ3) is 2.97. The van der Waals surface area contributed by atoms with Crippen LogP contribution in [0.15, 0.2) is 30.3 Å². The van der Waals surface area contributed by atoms with Crippen LogP contribution in [0.1, 0.15) is 17.0 Å². The normalized spacial score (nSPS) is 10.4. The Morgan fingerprint density at radius 1 is 1.11 bits per heavy atom. The summed E-state index contributed by atoms with van der Waals surface area (Å²) in [5.74, 6) is 0.745. The monoisotopic (exact) mass is 242 g/mol. The number of nitrogens with zero attached hydrogens (tertiary/aromatic N) is 3. The predicted molar refractivity (Wildman–Crippen MR) is 74.5 cm³/mol. The average molecular weight is 242 g/mol. The molecule has 0 unspecified atom stereocenters. The van der Waals surface area contributed by atoms with Gasteiger partial charge in [-0.25, -0.2) is 9.97 Å². The quantitative estimate of drug-likeness (QED) is 0.839. The molecule has 0 saturated heterocycles. The zero-order valence-electron chi connectivity index (χ0n) is 11.0. The van der Waals surface area contributed by atoms with E-state index in [-0.39, 0.29) is 0 Å². The van der Waals surface area contributed by atoms with E-state index in [9.17, 15) is 0 Å². The van der Waals surface area contributed by atoms with Crippen molar-refractivity contribution in [3.8, 4) is 0 Å². The van der Waals surface area contributed by atoms with Crippen LogP contribution in [-0.2, 0) is 6.54 Å². The van der Waals surface area contributed by atoms with Gasteiger partial charge in [0.15, 0.2) is 0 Å². The lowest BCUT2D eigenvalue weighted by Gasteiger charge is -2.18. The molecule has 2 aromatic rings. The van der Waals surface area contributed by atoms with Gasteiger partial charge in [-0.1, -0.05) is 12.1 Å². The van der Waals surface area contributed by atoms with Crippen molar-refractivity contribution < 1.29 is 0 Å². The molecular formula is C14H18N4. The molecule has 0 amide bonds. The summed E-state index contributed by atoms with van der Waals surface area (Å²) in [6.45, 7) is 4.70. The third-order valence-electron chi connectivity index (χ3n) is 2.68. The van der Waals surface area contributed by atoms with E-state index in [2.05, 4.69) is 16.0 Å². The second-order valence-corrected chi connectivity index (χ2v) is 4.55. The number of hydrogen-bond donors (Lipinski definition) is 1. The molecule has 0 radical (unpaired) electrons. The van der Waals surface area contributed by atoms with Crippen molar-refractivity contribution in [2.24, 2.45) is 0 Å². The standard InChI is InChI=1S/C14H18N4/c1-10-7-11(2)17-14(16-10)18(3)9-12-5-4-6-13(15)8-12/h4-8H,9,15H2,1-3H3. The molecule has 2 rings (SSSR count). The van der Waals surface area contributed by atoms with E-state index in [1.807, 2.05) is 50.1 Å². The summed E-state index contributed by atoms with van der Waals surface area (Å²) in [7, 11) is 1.98. The van der Waals surface area contributed by atoms with Gasteiger partial charge in [-0.15, -0.1) is 0 Å². The smallest absolute Gasteiger partial charge is 0.225 e. The topological polar surface area (TPSA) is 55.0 Å². The summed E-state index contributed by atoms with van der Waals surface area (Å²) < 4.78 is 0. The van der Waals surface area contributed by atoms with E-state index < -0.39 is 0 Å². The highest BCUT2D eigenvalue weighted by atomic mass is 15.2. The largest absolute Gasteiger partial charge is 0.399 e. The minimum absolute atomic E-state index is 0.744. The Kier molecular flexibility index (Phi) is 3.46. The number of benzene rings is 1. The van der Waals surface area contributed by atoms with Gasteiger partial charge >= 0.3 is 0 Å². The summed E-state index contributed by atoms with van der Waals surface area (Å²) in [4.78, 5) is 10.9. The molecule has 4 heteroatoms. The molecule has 1 aromatic carbocycles. The van der Waals surface area contributed by atoms with E-state index >= 15 is 0 Å². The number of aromatic nitrogens is 2. The fraction of sp³-hybridized carbons (Fsp3) is 0.286. The molecule has 0 atom stereocenters. The first-order chi connectivity index (χ1) is 8.54. The van der Waals surface area contributed by atoms with E-state index in [4.69, 9.17) is 5.73 Å². The molecule has 0 saturated carbocycles. The van der Waals surface area contributed by atoms with Gasteiger partial charge in [-0.05, 0) is 37.6 Å². The number of nitrogen functional groups attached to an aromatic ring is 1. The third-order valence-corrected chi connectivity index (χ3v) is 2.68. The van der Waals surface area contributed by atoms with Gasteiger partial charge < -0.3 is 10.6 Å². The van der Waals surface area contributed by atoms with Gasteiger partial charge in [-0.3, -0.25) is 0 Å². The second-order valence-electron chi connectivity index (χ2n) is 4.55. The van der Waals surface area contributed by atoms with Gasteiger partial charge in [0.05, 0.1) is 0 Å². The Balaban J connectivity index is 2.19. The molecule has 1 aromatic heterocycles. The number of nitrogens with two attached hydrogens (primary N) is 1. The maximum Gasteiger partial charge on any atom is 0.225 e. The Bertz CT molecular complexity index is 531. The lowest BCUT2D eigenvalue weighted by atomic mass is 10.2. The zero-order chi connectivity index (χ0) is 13.1. The second kappa shape index (κ2) is 5.04. The van der Waals surface area contributed by atoms with Crippen LogP contribution < -0.4 is 10.6 Å². The molecule has 0 bridgehead atoms. The summed E-state index contributed by atoms with van der Waals surface area (Å²) in [5.41, 5.74) is 9.67. The Labute approximate surface area is 107 Å². The first-order valence-electron chi connectivity index (χ1n) is 5.92. The molecule has 0 aliphatic carbocycles. The molecule has 18 heavy (non-hydrogen) atoms. The summed E-state index contributed by atoms with van der Waals surface area (Å²) >= 11 is 0. The molecule has 0 aliphatic heterocycles. The Morgan fingerprint density at radius 3 is 2.39 bits per heavy atom. The van der Waals surface area contributed by atoms with Crippen LogP contribution in [0.4, 0.5) is 11.6 Å². The number of hydrogen-bond acceptors (Lipinski definition) is 4. The van der Waals surface area contributed by atoms with E-state index in [0.717, 1.165) is 35.1 Å². The predicted octanol–water partition coefficient (Wildman–Crippen LogP) is 2.31. The van der Waals surface area contributed by atoms with Crippen LogP contribution in [0.5, 0.6) is 0 Å². The fourth-order valence-electron chi connectivity index (χ4n) is 1.91. The number of rotatable bonds is 3. The highest BCUT2D eigenvalue weighted by Crippen LogP contribution is 2.13. The molecule has 4 nitrogen and oxygen atoms in total. The molecule has 0 aliphatic rings. The van der Waals surface area contributed by atoms with Crippen molar-refractivity contribution in [2.75, 3.05) is 17.7 Å². The minimum atomic E-state index is 0.744. The highest BCUT2D eigenvalue weighted by molar-refractivity contribution is 5.42. The lowest BCUT2D eigenvalue weighted by Crippen LogP contribution is -2.19. The van der Waals surface area contributed by atoms with Crippen molar-refractivity contribution >= 4 is 11.6 Å². The van der Waals surface area contributed by atoms with Crippen molar-refractivity contribution in [2.45, 2.75) is 20.4 Å². The van der Waals surface area contributed by atoms with Crippen LogP contribution in [0.3, 0.4) is 0 Å². The highest BCUT2D eigenvalue weighted by Gasteiger charge is 2.06. The van der Waals surface area contributed by atoms with E-state index in [1.165, 1.54) is 0 Å². The van der Waals surface area contributed by atoms with Crippen molar-refractivity contribution in [1.29, 1.82) is 0 Å². The van der Waals surface area contributed by atoms with Crippen LogP contribution in [0, 0.1) is 13.8 Å². The molecule has 1 heterocycles. The van der Waals surface area contributed by atoms with Crippen molar-refractivity contribution in [3.63, 3.8) is 0 Å². The van der Waals surface area contributed by atoms with Gasteiger partial charge in [0.25, 0.3) is 0 Å². The van der Waals surface area contributed by atoms with Gasteiger partial charge in [-0.2, -0.15) is 0 Å². The average Bonchev–Trinajstić information content (AvgIpc) is 2.27. The maximum atomic E-state index is 5.77. The SMILES string of the molecule is Cc1cc(C)nc(N(C)Cc2cccc(N)c2)n1. The maximum absolute atomic E-state index is 5.77. The molecule has 94 valence electrons. The Morgan fingerprint density at radius 2 is 1.78 bits per heavy atom. The molecular weight excluding hydrogens is 224 g/mol. The fourth-order valence-corrected chi connectivity index (χ4v) is 1.91. The Hall–Kier alpha value is -2.10. The van der Waals surface area contributed by atoms with Crippen LogP contribution in [-0.4, -0.2) is 17.0 Å². The molecule has 0 fully saturated rings. The first kappa shape index (κ1) is 12.4. The minimum Gasteiger partial charge on any atom is -0.399 e. The van der Waals surface area contributed by atoms with Gasteiger partial charge in [0, 0.05) is 30.7 Å². The molecule has 2 N–H and O–H groups in total. The zero-order valence-corrected chi connectivity index (χ0v) is 11.0. The van der Waals surface area contributed by atoms with Crippen LogP contribution in [0.25, 0.3) is 0 Å². The van der Waals surface area contributed by atoms with Gasteiger partial charge in [0.2, 0.25) is 5.95 Å². The van der Waals surface area contributed by atoms with E-state index in [1.54, 1.807) is 0 Å². The summed E-state index contributed by atoms with van der Waals surface area (Å²) in [6, 6.07) is 9.84. The van der Waals surface area contributed by atoms with Gasteiger partial charge in [0.1, 0.15) is 0 Å². The van der Waals surface area contributed by atoms with E-state index in [0.29, 0.717) is 0 Å². The van der Waals surface area contributed by atoms with Crippen molar-refractivity contribution in [1.82, 2.24) is 9.97 Å². The summed E-state index contributed by atoms with van der Waals surface area (Å²) in [5, 5.41) is 0. The number of aryl methyl sites for hydroxylation is 2. The van der Waals surface area contributed by atoms with Crippen LogP contribution >= 0.6 is 0 Å². The summed E-state index contributed by atoms with van der Waals surface area (Å²) in [6.07, 6.45) is 0. The molecule has 0 spiro atoms. The first-order valence-corrected chi connectivity index (χ1v) is 5.92.